The summed E-state index contributed by atoms with van der Waals surface area (Å²) in [4.78, 5) is 12.3. The van der Waals surface area contributed by atoms with E-state index >= 15 is 0 Å². The Morgan fingerprint density at radius 1 is 1.23 bits per heavy atom. The number of carbonyl (C=O) groups excluding carboxylic acids is 1. The third-order valence-electron chi connectivity index (χ3n) is 3.32. The molecule has 0 fully saturated rings. The molecule has 2 rings (SSSR count). The number of ether oxygens (including phenoxy) is 1. The summed E-state index contributed by atoms with van der Waals surface area (Å²) in [7, 11) is 0. The van der Waals surface area contributed by atoms with Gasteiger partial charge in [-0.25, -0.2) is 0 Å². The van der Waals surface area contributed by atoms with Crippen LogP contribution in [0.5, 0.6) is 5.75 Å². The van der Waals surface area contributed by atoms with Crippen LogP contribution in [-0.2, 0) is 0 Å². The highest BCUT2D eigenvalue weighted by Gasteiger charge is 2.10. The average molecular weight is 360 g/mol. The molecule has 1 N–H and O–H groups in total. The molecule has 1 amide bonds. The fourth-order valence-electron chi connectivity index (χ4n) is 1.93. The first-order valence-electron chi connectivity index (χ1n) is 6.93. The van der Waals surface area contributed by atoms with Crippen LogP contribution in [0.1, 0.15) is 21.5 Å². The van der Waals surface area contributed by atoms with Gasteiger partial charge in [-0.1, -0.05) is 18.7 Å². The average Bonchev–Trinajstić information content (AvgIpc) is 2.49. The highest BCUT2D eigenvalue weighted by molar-refractivity contribution is 9.10. The molecule has 0 atom stereocenters. The Balaban J connectivity index is 2.13. The minimum Gasteiger partial charge on any atom is -0.488 e. The second-order valence-corrected chi connectivity index (χ2v) is 5.85. The van der Waals surface area contributed by atoms with Crippen LogP contribution >= 0.6 is 15.9 Å². The van der Waals surface area contributed by atoms with E-state index in [1.165, 1.54) is 5.56 Å². The number of hydrogen-bond donors (Lipinski definition) is 1. The van der Waals surface area contributed by atoms with Gasteiger partial charge in [-0.3, -0.25) is 4.79 Å². The number of amides is 1. The SMILES string of the molecule is C=CCOc1ccc(C(=O)Nc2ccc(C)c(C)c2)cc1Br. The Bertz CT molecular complexity index is 710. The number of aryl methyl sites for hydroxylation is 2. The van der Waals surface area contributed by atoms with E-state index in [0.717, 1.165) is 15.7 Å². The maximum atomic E-state index is 12.3. The molecule has 0 saturated carbocycles. The molecule has 0 bridgehead atoms. The molecule has 0 aliphatic carbocycles. The van der Waals surface area contributed by atoms with Crippen LogP contribution in [0.25, 0.3) is 0 Å². The van der Waals surface area contributed by atoms with E-state index in [1.54, 1.807) is 24.3 Å². The van der Waals surface area contributed by atoms with Crippen molar-refractivity contribution in [3.05, 3.63) is 70.2 Å². The second-order valence-electron chi connectivity index (χ2n) is 5.00. The van der Waals surface area contributed by atoms with Gasteiger partial charge in [0.15, 0.2) is 0 Å². The zero-order valence-corrected chi connectivity index (χ0v) is 14.2. The number of hydrogen-bond acceptors (Lipinski definition) is 2. The summed E-state index contributed by atoms with van der Waals surface area (Å²) in [5.74, 6) is 0.529. The molecule has 0 heterocycles. The third-order valence-corrected chi connectivity index (χ3v) is 3.94. The lowest BCUT2D eigenvalue weighted by atomic mass is 10.1. The quantitative estimate of drug-likeness (QED) is 0.772. The maximum Gasteiger partial charge on any atom is 0.255 e. The zero-order valence-electron chi connectivity index (χ0n) is 12.7. The van der Waals surface area contributed by atoms with E-state index in [-0.39, 0.29) is 5.91 Å². The summed E-state index contributed by atoms with van der Waals surface area (Å²) in [5, 5.41) is 2.90. The van der Waals surface area contributed by atoms with E-state index in [0.29, 0.717) is 17.9 Å². The molecule has 0 saturated heterocycles. The predicted molar refractivity (Wildman–Crippen MR) is 93.7 cm³/mol. The molecule has 3 nitrogen and oxygen atoms in total. The normalized spacial score (nSPS) is 10.1. The minimum atomic E-state index is -0.153. The van der Waals surface area contributed by atoms with E-state index in [9.17, 15) is 4.79 Å². The Hall–Kier alpha value is -2.07. The molecule has 114 valence electrons. The van der Waals surface area contributed by atoms with Crippen molar-refractivity contribution in [2.24, 2.45) is 0 Å². The molecule has 22 heavy (non-hydrogen) atoms. The van der Waals surface area contributed by atoms with Gasteiger partial charge in [0.05, 0.1) is 4.47 Å². The van der Waals surface area contributed by atoms with Crippen molar-refractivity contribution in [3.8, 4) is 5.75 Å². The van der Waals surface area contributed by atoms with Crippen LogP contribution < -0.4 is 10.1 Å². The van der Waals surface area contributed by atoms with E-state index in [1.807, 2.05) is 32.0 Å². The summed E-state index contributed by atoms with van der Waals surface area (Å²) in [6, 6.07) is 11.1. The first kappa shape index (κ1) is 16.3. The van der Waals surface area contributed by atoms with Gasteiger partial charge in [0.25, 0.3) is 5.91 Å². The summed E-state index contributed by atoms with van der Waals surface area (Å²) in [5.41, 5.74) is 3.70. The van der Waals surface area contributed by atoms with E-state index < -0.39 is 0 Å². The van der Waals surface area contributed by atoms with Gasteiger partial charge in [0.1, 0.15) is 12.4 Å². The standard InChI is InChI=1S/C18H18BrNO2/c1-4-9-22-17-8-6-14(11-16(17)19)18(21)20-15-7-5-12(2)13(3)10-15/h4-8,10-11H,1,9H2,2-3H3,(H,20,21). The lowest BCUT2D eigenvalue weighted by Crippen LogP contribution is -2.12. The first-order chi connectivity index (χ1) is 10.5. The number of rotatable bonds is 5. The summed E-state index contributed by atoms with van der Waals surface area (Å²) >= 11 is 3.41. The molecule has 2 aromatic rings. The fraction of sp³-hybridized carbons (Fsp3) is 0.167. The van der Waals surface area contributed by atoms with Gasteiger partial charge in [0.2, 0.25) is 0 Å². The Morgan fingerprint density at radius 2 is 2.00 bits per heavy atom. The summed E-state index contributed by atoms with van der Waals surface area (Å²) in [6.07, 6.45) is 1.67. The van der Waals surface area contributed by atoms with Gasteiger partial charge in [0, 0.05) is 11.3 Å². The summed E-state index contributed by atoms with van der Waals surface area (Å²) < 4.78 is 6.21. The van der Waals surface area contributed by atoms with Crippen molar-refractivity contribution in [1.29, 1.82) is 0 Å². The van der Waals surface area contributed by atoms with Crippen molar-refractivity contribution >= 4 is 27.5 Å². The van der Waals surface area contributed by atoms with Crippen LogP contribution in [0.15, 0.2) is 53.5 Å². The molecule has 0 unspecified atom stereocenters. The number of nitrogens with one attached hydrogen (secondary N) is 1. The molecule has 0 aliphatic rings. The fourth-order valence-corrected chi connectivity index (χ4v) is 2.42. The molecule has 4 heteroatoms. The molecular formula is C18H18BrNO2. The molecule has 2 aromatic carbocycles. The van der Waals surface area contributed by atoms with Crippen molar-refractivity contribution < 1.29 is 9.53 Å². The molecular weight excluding hydrogens is 342 g/mol. The molecule has 0 aliphatic heterocycles. The van der Waals surface area contributed by atoms with Crippen LogP contribution in [0.2, 0.25) is 0 Å². The van der Waals surface area contributed by atoms with Gasteiger partial charge >= 0.3 is 0 Å². The topological polar surface area (TPSA) is 38.3 Å². The van der Waals surface area contributed by atoms with E-state index in [4.69, 9.17) is 4.74 Å². The van der Waals surface area contributed by atoms with E-state index in [2.05, 4.69) is 27.8 Å². The largest absolute Gasteiger partial charge is 0.488 e. The van der Waals surface area contributed by atoms with Gasteiger partial charge in [-0.05, 0) is 71.2 Å². The van der Waals surface area contributed by atoms with Crippen molar-refractivity contribution in [1.82, 2.24) is 0 Å². The Morgan fingerprint density at radius 3 is 2.64 bits per heavy atom. The monoisotopic (exact) mass is 359 g/mol. The lowest BCUT2D eigenvalue weighted by molar-refractivity contribution is 0.102. The highest BCUT2D eigenvalue weighted by Crippen LogP contribution is 2.26. The second kappa shape index (κ2) is 7.27. The predicted octanol–water partition coefficient (Wildman–Crippen LogP) is 4.88. The molecule has 0 aromatic heterocycles. The van der Waals surface area contributed by atoms with Gasteiger partial charge < -0.3 is 10.1 Å². The molecule has 0 spiro atoms. The Kier molecular flexibility index (Phi) is 5.39. The Labute approximate surface area is 139 Å². The maximum absolute atomic E-state index is 12.3. The van der Waals surface area contributed by atoms with Crippen LogP contribution in [0.4, 0.5) is 5.69 Å². The van der Waals surface area contributed by atoms with Crippen molar-refractivity contribution in [2.75, 3.05) is 11.9 Å². The minimum absolute atomic E-state index is 0.153. The number of carbonyl (C=O) groups is 1. The smallest absolute Gasteiger partial charge is 0.255 e. The zero-order chi connectivity index (χ0) is 16.1. The van der Waals surface area contributed by atoms with Crippen molar-refractivity contribution in [3.63, 3.8) is 0 Å². The first-order valence-corrected chi connectivity index (χ1v) is 7.72. The van der Waals surface area contributed by atoms with Crippen LogP contribution in [-0.4, -0.2) is 12.5 Å². The molecule has 0 radical (unpaired) electrons. The summed E-state index contributed by atoms with van der Waals surface area (Å²) in [6.45, 7) is 8.09. The highest BCUT2D eigenvalue weighted by atomic mass is 79.9. The lowest BCUT2D eigenvalue weighted by Gasteiger charge is -2.10. The number of benzene rings is 2. The number of anilines is 1. The van der Waals surface area contributed by atoms with Crippen molar-refractivity contribution in [2.45, 2.75) is 13.8 Å². The van der Waals surface area contributed by atoms with Crippen LogP contribution in [0.3, 0.4) is 0 Å². The third kappa shape index (κ3) is 3.98. The number of halogens is 1. The van der Waals surface area contributed by atoms with Gasteiger partial charge in [-0.15, -0.1) is 0 Å². The van der Waals surface area contributed by atoms with Gasteiger partial charge in [-0.2, -0.15) is 0 Å². The van der Waals surface area contributed by atoms with Crippen LogP contribution in [0, 0.1) is 13.8 Å².